The molecule has 1 fully saturated rings. The van der Waals surface area contributed by atoms with Crippen molar-refractivity contribution in [1.29, 1.82) is 0 Å². The fourth-order valence-electron chi connectivity index (χ4n) is 3.60. The number of hydrogen-bond donors (Lipinski definition) is 1. The van der Waals surface area contributed by atoms with Gasteiger partial charge in [0.2, 0.25) is 0 Å². The molecule has 0 saturated carbocycles. The summed E-state index contributed by atoms with van der Waals surface area (Å²) < 4.78 is 94.1. The Labute approximate surface area is 223 Å². The first-order valence-corrected chi connectivity index (χ1v) is 11.5. The molecule has 0 aromatic heterocycles. The number of cyclic esters (lactones) is 1. The summed E-state index contributed by atoms with van der Waals surface area (Å²) in [6.45, 7) is 4.65. The number of benzene rings is 2. The van der Waals surface area contributed by atoms with Crippen LogP contribution in [0.2, 0.25) is 10.0 Å². The van der Waals surface area contributed by atoms with Gasteiger partial charge >= 0.3 is 24.5 Å². The molecule has 2 aromatic carbocycles. The molecule has 1 aliphatic heterocycles. The number of carbonyl (C=O) groups excluding carboxylic acids is 2. The Morgan fingerprint density at radius 2 is 1.74 bits per heavy atom. The smallest absolute Gasteiger partial charge is 0.434 e. The Bertz CT molecular complexity index is 1250. The fraction of sp³-hybridized carbons (Fsp3) is 0.333. The SMILES string of the molecule is C=CC(C)(C)OC(=O)NCc1ccc(N2CC(c3cc(Cl)cc(Cl)c3)(C(F)(F)F)OC2=O)cc1C(F)(F)F. The van der Waals surface area contributed by atoms with Gasteiger partial charge in [0, 0.05) is 27.8 Å². The summed E-state index contributed by atoms with van der Waals surface area (Å²) in [5.74, 6) is 0. The average molecular weight is 585 g/mol. The van der Waals surface area contributed by atoms with Gasteiger partial charge in [-0.1, -0.05) is 35.8 Å². The standard InChI is InChI=1S/C24H20Cl2F6N2O4/c1-4-21(2,3)37-19(35)33-11-13-5-6-17(10-18(13)23(27,28)29)34-12-22(24(30,31)32,38-20(34)36)14-7-15(25)9-16(26)8-14/h4-10H,1,11-12H2,2-3H3,(H,33,35). The zero-order valence-electron chi connectivity index (χ0n) is 19.8. The average Bonchev–Trinajstić information content (AvgIpc) is 3.15. The molecule has 38 heavy (non-hydrogen) atoms. The second-order valence-corrected chi connectivity index (χ2v) is 9.70. The topological polar surface area (TPSA) is 67.9 Å². The van der Waals surface area contributed by atoms with Gasteiger partial charge in [0.25, 0.3) is 5.60 Å². The van der Waals surface area contributed by atoms with Gasteiger partial charge in [-0.3, -0.25) is 4.90 Å². The number of anilines is 1. The van der Waals surface area contributed by atoms with E-state index in [1.54, 1.807) is 0 Å². The molecule has 1 aliphatic rings. The van der Waals surface area contributed by atoms with Crippen LogP contribution >= 0.6 is 23.2 Å². The molecule has 1 unspecified atom stereocenters. The quantitative estimate of drug-likeness (QED) is 0.280. The van der Waals surface area contributed by atoms with Gasteiger partial charge in [0.05, 0.1) is 12.1 Å². The van der Waals surface area contributed by atoms with E-state index in [0.29, 0.717) is 11.0 Å². The van der Waals surface area contributed by atoms with Crippen molar-refractivity contribution in [1.82, 2.24) is 5.32 Å². The van der Waals surface area contributed by atoms with Crippen molar-refractivity contribution in [3.05, 3.63) is 75.8 Å². The summed E-state index contributed by atoms with van der Waals surface area (Å²) in [6.07, 6.45) is -11.4. The van der Waals surface area contributed by atoms with Crippen molar-refractivity contribution in [3.8, 4) is 0 Å². The lowest BCUT2D eigenvalue weighted by Gasteiger charge is -2.30. The first kappa shape index (κ1) is 29.4. The van der Waals surface area contributed by atoms with Crippen LogP contribution in [0.3, 0.4) is 0 Å². The molecule has 6 nitrogen and oxygen atoms in total. The Morgan fingerprint density at radius 1 is 1.13 bits per heavy atom. The zero-order valence-corrected chi connectivity index (χ0v) is 21.3. The van der Waals surface area contributed by atoms with Crippen molar-refractivity contribution in [2.45, 2.75) is 43.9 Å². The molecule has 1 N–H and O–H groups in total. The second-order valence-electron chi connectivity index (χ2n) is 8.83. The van der Waals surface area contributed by atoms with E-state index in [1.807, 2.05) is 0 Å². The van der Waals surface area contributed by atoms with Crippen LogP contribution in [0.15, 0.2) is 49.1 Å². The summed E-state index contributed by atoms with van der Waals surface area (Å²) in [5.41, 5.74) is -7.17. The van der Waals surface area contributed by atoms with Gasteiger partial charge in [-0.05, 0) is 55.8 Å². The number of halogens is 8. The highest BCUT2D eigenvalue weighted by atomic mass is 35.5. The summed E-state index contributed by atoms with van der Waals surface area (Å²) in [5, 5.41) is 1.84. The van der Waals surface area contributed by atoms with E-state index in [-0.39, 0.29) is 10.0 Å². The van der Waals surface area contributed by atoms with E-state index >= 15 is 0 Å². The van der Waals surface area contributed by atoms with Gasteiger partial charge in [-0.2, -0.15) is 26.3 Å². The van der Waals surface area contributed by atoms with Gasteiger partial charge in [0.1, 0.15) is 5.60 Å². The van der Waals surface area contributed by atoms with E-state index in [1.165, 1.54) is 26.0 Å². The third-order valence-electron chi connectivity index (χ3n) is 5.63. The lowest BCUT2D eigenvalue weighted by molar-refractivity contribution is -0.250. The minimum Gasteiger partial charge on any atom is -0.439 e. The zero-order chi connectivity index (χ0) is 28.7. The van der Waals surface area contributed by atoms with Crippen molar-refractivity contribution in [3.63, 3.8) is 0 Å². The van der Waals surface area contributed by atoms with Crippen molar-refractivity contribution < 1.29 is 45.4 Å². The van der Waals surface area contributed by atoms with Crippen molar-refractivity contribution >= 4 is 41.1 Å². The number of ether oxygens (including phenoxy) is 2. The molecule has 0 radical (unpaired) electrons. The highest BCUT2D eigenvalue weighted by Crippen LogP contribution is 2.49. The largest absolute Gasteiger partial charge is 0.439 e. The molecule has 1 heterocycles. The first-order valence-electron chi connectivity index (χ1n) is 10.7. The fourth-order valence-corrected chi connectivity index (χ4v) is 4.13. The van der Waals surface area contributed by atoms with Crippen LogP contribution in [0.25, 0.3) is 0 Å². The first-order chi connectivity index (χ1) is 17.4. The third kappa shape index (κ3) is 6.12. The second kappa shape index (κ2) is 10.2. The Hall–Kier alpha value is -3.12. The summed E-state index contributed by atoms with van der Waals surface area (Å²) >= 11 is 11.7. The van der Waals surface area contributed by atoms with E-state index in [9.17, 15) is 35.9 Å². The number of carbonyl (C=O) groups is 2. The Kier molecular flexibility index (Phi) is 7.91. The van der Waals surface area contributed by atoms with Crippen LogP contribution in [0.5, 0.6) is 0 Å². The number of nitrogens with zero attached hydrogens (tertiary/aromatic N) is 1. The Balaban J connectivity index is 1.96. The minimum absolute atomic E-state index is 0.170. The maximum absolute atomic E-state index is 14.3. The molecule has 1 atom stereocenters. The third-order valence-corrected chi connectivity index (χ3v) is 6.07. The lowest BCUT2D eigenvalue weighted by Crippen LogP contribution is -2.46. The van der Waals surface area contributed by atoms with Crippen molar-refractivity contribution in [2.75, 3.05) is 11.4 Å². The molecule has 14 heteroatoms. The molecule has 206 valence electrons. The molecule has 2 amide bonds. The highest BCUT2D eigenvalue weighted by Gasteiger charge is 2.65. The number of rotatable bonds is 6. The molecule has 2 aromatic rings. The van der Waals surface area contributed by atoms with Gasteiger partial charge < -0.3 is 14.8 Å². The van der Waals surface area contributed by atoms with Gasteiger partial charge in [-0.15, -0.1) is 0 Å². The Morgan fingerprint density at radius 3 is 2.26 bits per heavy atom. The number of alkyl halides is 6. The normalized spacial score (nSPS) is 18.3. The van der Waals surface area contributed by atoms with Crippen LogP contribution in [0, 0.1) is 0 Å². The predicted molar refractivity (Wildman–Crippen MR) is 127 cm³/mol. The molecular weight excluding hydrogens is 565 g/mol. The molecule has 1 saturated heterocycles. The van der Waals surface area contributed by atoms with E-state index < -0.39 is 71.2 Å². The number of alkyl carbamates (subject to hydrolysis) is 1. The lowest BCUT2D eigenvalue weighted by atomic mass is 9.92. The van der Waals surface area contributed by atoms with Crippen LogP contribution < -0.4 is 10.2 Å². The van der Waals surface area contributed by atoms with Crippen LogP contribution in [-0.4, -0.2) is 30.5 Å². The maximum atomic E-state index is 14.3. The molecule has 0 bridgehead atoms. The predicted octanol–water partition coefficient (Wildman–Crippen LogP) is 7.62. The molecule has 0 spiro atoms. The van der Waals surface area contributed by atoms with E-state index in [2.05, 4.69) is 11.9 Å². The minimum atomic E-state index is -5.18. The monoisotopic (exact) mass is 584 g/mol. The molecule has 0 aliphatic carbocycles. The summed E-state index contributed by atoms with van der Waals surface area (Å²) in [4.78, 5) is 25.0. The van der Waals surface area contributed by atoms with Crippen LogP contribution in [0.1, 0.15) is 30.5 Å². The molecule has 3 rings (SSSR count). The highest BCUT2D eigenvalue weighted by molar-refractivity contribution is 6.34. The number of nitrogens with one attached hydrogen (secondary N) is 1. The maximum Gasteiger partial charge on any atom is 0.434 e. The van der Waals surface area contributed by atoms with Crippen LogP contribution in [-0.2, 0) is 27.8 Å². The van der Waals surface area contributed by atoms with E-state index in [0.717, 1.165) is 24.3 Å². The number of hydrogen-bond acceptors (Lipinski definition) is 4. The summed E-state index contributed by atoms with van der Waals surface area (Å²) in [7, 11) is 0. The van der Waals surface area contributed by atoms with Crippen LogP contribution in [0.4, 0.5) is 41.6 Å². The summed E-state index contributed by atoms with van der Waals surface area (Å²) in [6, 6.07) is 5.40. The van der Waals surface area contributed by atoms with Crippen molar-refractivity contribution in [2.24, 2.45) is 0 Å². The van der Waals surface area contributed by atoms with Gasteiger partial charge in [-0.25, -0.2) is 9.59 Å². The van der Waals surface area contributed by atoms with Gasteiger partial charge in [0.15, 0.2) is 0 Å². The van der Waals surface area contributed by atoms with E-state index in [4.69, 9.17) is 32.7 Å². The molecular formula is C24H20Cl2F6N2O4. The number of amides is 2.